The Labute approximate surface area is 98.5 Å². The molecule has 1 aromatic heterocycles. The fourth-order valence-corrected chi connectivity index (χ4v) is 1.62. The number of hydrogen-bond donors (Lipinski definition) is 1. The van der Waals surface area contributed by atoms with E-state index >= 15 is 0 Å². The van der Waals surface area contributed by atoms with E-state index < -0.39 is 6.10 Å². The van der Waals surface area contributed by atoms with Gasteiger partial charge in [0.15, 0.2) is 0 Å². The van der Waals surface area contributed by atoms with Crippen LogP contribution in [-0.4, -0.2) is 20.1 Å². The summed E-state index contributed by atoms with van der Waals surface area (Å²) in [5.74, 6) is 0. The number of rotatable bonds is 3. The molecule has 2 rings (SSSR count). The Morgan fingerprint density at radius 2 is 2.31 bits per heavy atom. The third kappa shape index (κ3) is 2.59. The van der Waals surface area contributed by atoms with Crippen LogP contribution in [0, 0.1) is 0 Å². The Balaban J connectivity index is 2.14. The van der Waals surface area contributed by atoms with Gasteiger partial charge in [-0.25, -0.2) is 4.68 Å². The number of aromatic nitrogens is 3. The maximum Gasteiger partial charge on any atom is 0.111 e. The molecule has 0 amide bonds. The highest BCUT2D eigenvalue weighted by Crippen LogP contribution is 2.12. The van der Waals surface area contributed by atoms with Gasteiger partial charge in [0.25, 0.3) is 0 Å². The lowest BCUT2D eigenvalue weighted by molar-refractivity contribution is 0.194. The van der Waals surface area contributed by atoms with Crippen LogP contribution in [0.25, 0.3) is 0 Å². The summed E-state index contributed by atoms with van der Waals surface area (Å²) in [4.78, 5) is 0. The zero-order valence-corrected chi connectivity index (χ0v) is 9.59. The number of aliphatic hydroxyl groups is 1. The molecule has 0 saturated heterocycles. The minimum atomic E-state index is -0.590. The molecule has 0 aliphatic carbocycles. The molecule has 84 valence electrons. The fraction of sp³-hybridized carbons (Fsp3) is 0.273. The van der Waals surface area contributed by atoms with Gasteiger partial charge in [0.05, 0.1) is 18.8 Å². The highest BCUT2D eigenvalue weighted by atomic mass is 35.5. The lowest BCUT2D eigenvalue weighted by Gasteiger charge is -2.01. The number of nitrogens with zero attached hydrogens (tertiary/aromatic N) is 3. The molecule has 0 saturated carbocycles. The van der Waals surface area contributed by atoms with Crippen LogP contribution in [0.4, 0.5) is 0 Å². The van der Waals surface area contributed by atoms with E-state index in [0.29, 0.717) is 17.3 Å². The number of halogens is 1. The summed E-state index contributed by atoms with van der Waals surface area (Å²) >= 11 is 5.88. The second-order valence-corrected chi connectivity index (χ2v) is 4.08. The second-order valence-electron chi connectivity index (χ2n) is 3.65. The van der Waals surface area contributed by atoms with Gasteiger partial charge in [-0.2, -0.15) is 0 Å². The highest BCUT2D eigenvalue weighted by molar-refractivity contribution is 6.30. The Morgan fingerprint density at radius 1 is 1.50 bits per heavy atom. The normalized spacial score (nSPS) is 12.7. The first kappa shape index (κ1) is 11.1. The molecule has 1 heterocycles. The smallest absolute Gasteiger partial charge is 0.111 e. The molecular weight excluding hydrogens is 226 g/mol. The van der Waals surface area contributed by atoms with Crippen molar-refractivity contribution in [1.29, 1.82) is 0 Å². The number of hydrogen-bond acceptors (Lipinski definition) is 3. The molecule has 5 heteroatoms. The van der Waals surface area contributed by atoms with Crippen molar-refractivity contribution in [2.45, 2.75) is 19.6 Å². The predicted octanol–water partition coefficient (Wildman–Crippen LogP) is 2.03. The zero-order chi connectivity index (χ0) is 11.5. The summed E-state index contributed by atoms with van der Waals surface area (Å²) in [5, 5.41) is 17.8. The van der Waals surface area contributed by atoms with Gasteiger partial charge in [0, 0.05) is 5.02 Å². The molecule has 2 aromatic rings. The van der Waals surface area contributed by atoms with Crippen molar-refractivity contribution in [3.63, 3.8) is 0 Å². The van der Waals surface area contributed by atoms with E-state index in [1.54, 1.807) is 17.8 Å². The molecule has 0 aliphatic rings. The van der Waals surface area contributed by atoms with Crippen LogP contribution in [0.2, 0.25) is 5.02 Å². The van der Waals surface area contributed by atoms with Crippen LogP contribution in [0.15, 0.2) is 30.5 Å². The van der Waals surface area contributed by atoms with E-state index in [1.807, 2.05) is 24.3 Å². The van der Waals surface area contributed by atoms with E-state index in [2.05, 4.69) is 10.3 Å². The van der Waals surface area contributed by atoms with Crippen LogP contribution in [0.3, 0.4) is 0 Å². The van der Waals surface area contributed by atoms with Gasteiger partial charge in [-0.05, 0) is 24.6 Å². The summed E-state index contributed by atoms with van der Waals surface area (Å²) in [6, 6.07) is 7.57. The van der Waals surface area contributed by atoms with E-state index in [0.717, 1.165) is 5.56 Å². The summed E-state index contributed by atoms with van der Waals surface area (Å²) in [7, 11) is 0. The first-order valence-corrected chi connectivity index (χ1v) is 5.35. The average Bonchev–Trinajstić information content (AvgIpc) is 2.66. The average molecular weight is 238 g/mol. The molecule has 0 radical (unpaired) electrons. The second kappa shape index (κ2) is 4.63. The molecule has 0 spiro atoms. The molecule has 0 aliphatic heterocycles. The summed E-state index contributed by atoms with van der Waals surface area (Å²) < 4.78 is 1.67. The first-order valence-electron chi connectivity index (χ1n) is 4.97. The van der Waals surface area contributed by atoms with Gasteiger partial charge in [0.1, 0.15) is 5.69 Å². The maximum atomic E-state index is 9.31. The molecular formula is C11H12ClN3O. The topological polar surface area (TPSA) is 50.9 Å². The first-order chi connectivity index (χ1) is 7.65. The maximum absolute atomic E-state index is 9.31. The largest absolute Gasteiger partial charge is 0.387 e. The van der Waals surface area contributed by atoms with E-state index in [4.69, 9.17) is 11.6 Å². The number of aliphatic hydroxyl groups excluding tert-OH is 1. The van der Waals surface area contributed by atoms with Crippen molar-refractivity contribution in [2.75, 3.05) is 0 Å². The van der Waals surface area contributed by atoms with Gasteiger partial charge < -0.3 is 5.11 Å². The predicted molar refractivity (Wildman–Crippen MR) is 61.2 cm³/mol. The third-order valence-corrected chi connectivity index (χ3v) is 2.45. The monoisotopic (exact) mass is 237 g/mol. The number of benzene rings is 1. The molecule has 1 aromatic carbocycles. The summed E-state index contributed by atoms with van der Waals surface area (Å²) in [6.07, 6.45) is 1.14. The third-order valence-electron chi connectivity index (χ3n) is 2.22. The van der Waals surface area contributed by atoms with Crippen molar-refractivity contribution in [3.8, 4) is 0 Å². The van der Waals surface area contributed by atoms with Crippen molar-refractivity contribution < 1.29 is 5.11 Å². The van der Waals surface area contributed by atoms with Gasteiger partial charge in [-0.15, -0.1) is 5.10 Å². The summed E-state index contributed by atoms with van der Waals surface area (Å²) in [5.41, 5.74) is 1.62. The minimum Gasteiger partial charge on any atom is -0.387 e. The van der Waals surface area contributed by atoms with Gasteiger partial charge in [0.2, 0.25) is 0 Å². The Bertz CT molecular complexity index is 482. The van der Waals surface area contributed by atoms with E-state index in [1.165, 1.54) is 0 Å². The van der Waals surface area contributed by atoms with Crippen molar-refractivity contribution in [1.82, 2.24) is 15.0 Å². The van der Waals surface area contributed by atoms with E-state index in [9.17, 15) is 5.11 Å². The van der Waals surface area contributed by atoms with Gasteiger partial charge >= 0.3 is 0 Å². The quantitative estimate of drug-likeness (QED) is 0.889. The molecule has 1 N–H and O–H groups in total. The van der Waals surface area contributed by atoms with E-state index in [-0.39, 0.29) is 0 Å². The SMILES string of the molecule is CC(O)c1cn(Cc2cccc(Cl)c2)nn1. The zero-order valence-electron chi connectivity index (χ0n) is 8.84. The Morgan fingerprint density at radius 3 is 2.94 bits per heavy atom. The minimum absolute atomic E-state index is 0.571. The molecule has 1 atom stereocenters. The molecule has 4 nitrogen and oxygen atoms in total. The van der Waals surface area contributed by atoms with Gasteiger partial charge in [-0.3, -0.25) is 0 Å². The van der Waals surface area contributed by atoms with Crippen LogP contribution in [-0.2, 0) is 6.54 Å². The molecule has 1 unspecified atom stereocenters. The van der Waals surface area contributed by atoms with Gasteiger partial charge in [-0.1, -0.05) is 28.9 Å². The highest BCUT2D eigenvalue weighted by Gasteiger charge is 2.06. The van der Waals surface area contributed by atoms with Crippen LogP contribution >= 0.6 is 11.6 Å². The van der Waals surface area contributed by atoms with Crippen molar-refractivity contribution in [3.05, 3.63) is 46.7 Å². The standard InChI is InChI=1S/C11H12ClN3O/c1-8(16)11-7-15(14-13-11)6-9-3-2-4-10(12)5-9/h2-5,7-8,16H,6H2,1H3. The molecule has 0 bridgehead atoms. The fourth-order valence-electron chi connectivity index (χ4n) is 1.40. The van der Waals surface area contributed by atoms with Crippen molar-refractivity contribution >= 4 is 11.6 Å². The van der Waals surface area contributed by atoms with Crippen LogP contribution in [0.5, 0.6) is 0 Å². The molecule has 16 heavy (non-hydrogen) atoms. The van der Waals surface area contributed by atoms with Crippen LogP contribution in [0.1, 0.15) is 24.3 Å². The van der Waals surface area contributed by atoms with Crippen molar-refractivity contribution in [2.24, 2.45) is 0 Å². The Kier molecular flexibility index (Phi) is 3.22. The Hall–Kier alpha value is -1.39. The summed E-state index contributed by atoms with van der Waals surface area (Å²) in [6.45, 7) is 2.26. The lowest BCUT2D eigenvalue weighted by Crippen LogP contribution is -2.00. The molecule has 0 fully saturated rings. The van der Waals surface area contributed by atoms with Crippen LogP contribution < -0.4 is 0 Å². The lowest BCUT2D eigenvalue weighted by atomic mass is 10.2.